The first-order valence-electron chi connectivity index (χ1n) is 20.3. The van der Waals surface area contributed by atoms with Crippen LogP contribution in [0.1, 0.15) is 115 Å². The monoisotopic (exact) mass is 841 g/mol. The van der Waals surface area contributed by atoms with E-state index in [0.717, 1.165) is 49.3 Å². The quantitative estimate of drug-likeness (QED) is 0.0698. The normalized spacial score (nSPS) is 14.0. The van der Waals surface area contributed by atoms with Crippen LogP contribution in [0.4, 0.5) is 10.5 Å². The molecule has 5 aromatic rings. The zero-order valence-electron chi connectivity index (χ0n) is 35.0. The Hall–Kier alpha value is -5.27. The van der Waals surface area contributed by atoms with Crippen molar-refractivity contribution in [1.29, 1.82) is 0 Å². The van der Waals surface area contributed by atoms with Crippen LogP contribution in [-0.2, 0) is 36.6 Å². The minimum absolute atomic E-state index is 0.0393. The standard InChI is InChI=1S/C45H56ClN7O5S/c1-8-44(9-2,31-19-34(51(6)24-31)41(55)48-18-17-37(47)54)49-42(56)35-20-32(25-52(35)7)45(10-3,11-4)50-43(57)53-23-30(22-46)39-33(53)21-36(40-38(39)28(5)27-59-40)58-26-29-15-13-12-14-16-29/h12-16,19-21,24-25,27,30H,8-11,17-18,22-23,26H2,1-7H3,(H2,47,54)(H,48,55)(H,49,56)(H,50,57). The SMILES string of the molecule is CCC(CC)(NC(=O)c1cc(C(CC)(CC)NC(=O)N2CC(CCl)c3c2cc(OCc2ccccc2)c2scc(C)c32)cn1C)c1cc(C(=O)NCCC(N)=O)n(C)c1. The molecule has 1 atom stereocenters. The second kappa shape index (κ2) is 17.9. The third-order valence-electron chi connectivity index (χ3n) is 12.1. The van der Waals surface area contributed by atoms with Crippen LogP contribution >= 0.6 is 22.9 Å². The molecule has 59 heavy (non-hydrogen) atoms. The molecular formula is C45H56ClN7O5S. The average Bonchev–Trinajstić information content (AvgIpc) is 4.02. The van der Waals surface area contributed by atoms with Crippen LogP contribution in [0.25, 0.3) is 10.1 Å². The van der Waals surface area contributed by atoms with E-state index in [0.29, 0.717) is 56.1 Å². The number of hydrogen-bond donors (Lipinski definition) is 4. The lowest BCUT2D eigenvalue weighted by molar-refractivity contribution is -0.117. The molecule has 0 radical (unpaired) electrons. The van der Waals surface area contributed by atoms with Gasteiger partial charge in [-0.3, -0.25) is 19.3 Å². The molecular weight excluding hydrogens is 786 g/mol. The molecule has 0 fully saturated rings. The van der Waals surface area contributed by atoms with Gasteiger partial charge in [0.15, 0.2) is 0 Å². The van der Waals surface area contributed by atoms with Gasteiger partial charge in [-0.05, 0) is 77.9 Å². The Bertz CT molecular complexity index is 2340. The van der Waals surface area contributed by atoms with Crippen LogP contribution in [-0.4, -0.2) is 51.9 Å². The van der Waals surface area contributed by atoms with Crippen LogP contribution in [0.2, 0.25) is 0 Å². The minimum Gasteiger partial charge on any atom is -0.487 e. The fourth-order valence-electron chi connectivity index (χ4n) is 8.42. The molecule has 2 aromatic carbocycles. The van der Waals surface area contributed by atoms with E-state index in [1.54, 1.807) is 38.5 Å². The van der Waals surface area contributed by atoms with Crippen molar-refractivity contribution < 1.29 is 23.9 Å². The van der Waals surface area contributed by atoms with Gasteiger partial charge in [-0.1, -0.05) is 58.0 Å². The van der Waals surface area contributed by atoms with Gasteiger partial charge in [0.1, 0.15) is 23.7 Å². The molecule has 5 amide bonds. The van der Waals surface area contributed by atoms with E-state index >= 15 is 0 Å². The lowest BCUT2D eigenvalue weighted by Gasteiger charge is -2.34. The molecule has 6 rings (SSSR count). The van der Waals surface area contributed by atoms with Crippen molar-refractivity contribution in [1.82, 2.24) is 25.1 Å². The molecule has 1 unspecified atom stereocenters. The maximum Gasteiger partial charge on any atom is 0.322 e. The number of hydrogen-bond acceptors (Lipinski definition) is 6. The van der Waals surface area contributed by atoms with E-state index in [4.69, 9.17) is 22.1 Å². The van der Waals surface area contributed by atoms with E-state index < -0.39 is 17.0 Å². The van der Waals surface area contributed by atoms with Crippen molar-refractivity contribution in [3.63, 3.8) is 0 Å². The first-order valence-corrected chi connectivity index (χ1v) is 21.8. The highest BCUT2D eigenvalue weighted by molar-refractivity contribution is 7.17. The van der Waals surface area contributed by atoms with Crippen LogP contribution in [0, 0.1) is 6.92 Å². The summed E-state index contributed by atoms with van der Waals surface area (Å²) in [5.74, 6) is -0.0711. The van der Waals surface area contributed by atoms with Crippen molar-refractivity contribution in [2.75, 3.05) is 23.9 Å². The molecule has 0 aliphatic carbocycles. The van der Waals surface area contributed by atoms with Gasteiger partial charge >= 0.3 is 6.03 Å². The van der Waals surface area contributed by atoms with Crippen molar-refractivity contribution in [2.45, 2.75) is 90.3 Å². The van der Waals surface area contributed by atoms with Gasteiger partial charge in [-0.15, -0.1) is 22.9 Å². The van der Waals surface area contributed by atoms with E-state index in [1.165, 1.54) is 0 Å². The number of nitrogens with two attached hydrogens (primary N) is 1. The summed E-state index contributed by atoms with van der Waals surface area (Å²) in [6, 6.07) is 15.4. The molecule has 1 aliphatic heterocycles. The molecule has 14 heteroatoms. The van der Waals surface area contributed by atoms with Crippen LogP contribution < -0.4 is 31.3 Å². The summed E-state index contributed by atoms with van der Waals surface area (Å²) in [6.45, 7) is 11.1. The molecule has 0 saturated heterocycles. The summed E-state index contributed by atoms with van der Waals surface area (Å²) in [6.07, 6.45) is 6.12. The van der Waals surface area contributed by atoms with E-state index in [-0.39, 0.29) is 36.7 Å². The summed E-state index contributed by atoms with van der Waals surface area (Å²) in [5.41, 5.74) is 10.2. The highest BCUT2D eigenvalue weighted by atomic mass is 35.5. The topological polar surface area (TPSA) is 153 Å². The van der Waals surface area contributed by atoms with Gasteiger partial charge in [0, 0.05) is 69.2 Å². The number of carbonyl (C=O) groups excluding carboxylic acids is 4. The predicted octanol–water partition coefficient (Wildman–Crippen LogP) is 8.08. The lowest BCUT2D eigenvalue weighted by Crippen LogP contribution is -2.51. The Morgan fingerprint density at radius 2 is 1.47 bits per heavy atom. The smallest absolute Gasteiger partial charge is 0.322 e. The second-order valence-electron chi connectivity index (χ2n) is 15.6. The molecule has 314 valence electrons. The molecule has 5 N–H and O–H groups in total. The van der Waals surface area contributed by atoms with Crippen LogP contribution in [0.5, 0.6) is 5.75 Å². The van der Waals surface area contributed by atoms with Gasteiger partial charge in [0.05, 0.1) is 21.5 Å². The number of amides is 5. The minimum atomic E-state index is -0.787. The number of alkyl halides is 1. The Kier molecular flexibility index (Phi) is 13.2. The van der Waals surface area contributed by atoms with E-state index in [2.05, 4.69) is 28.3 Å². The summed E-state index contributed by atoms with van der Waals surface area (Å²) < 4.78 is 11.0. The maximum atomic E-state index is 14.6. The van der Waals surface area contributed by atoms with Crippen molar-refractivity contribution >= 4 is 62.5 Å². The number of aryl methyl sites for hydroxylation is 3. The number of anilines is 1. The number of benzene rings is 2. The number of aromatic nitrogens is 2. The number of fused-ring (bicyclic) bond motifs is 3. The fraction of sp³-hybridized carbons (Fsp3) is 0.422. The Morgan fingerprint density at radius 3 is 2.05 bits per heavy atom. The highest BCUT2D eigenvalue weighted by Gasteiger charge is 2.40. The van der Waals surface area contributed by atoms with Gasteiger partial charge in [0.25, 0.3) is 11.8 Å². The number of ether oxygens (including phenoxy) is 1. The summed E-state index contributed by atoms with van der Waals surface area (Å²) in [7, 11) is 3.61. The van der Waals surface area contributed by atoms with E-state index in [9.17, 15) is 19.2 Å². The second-order valence-corrected chi connectivity index (χ2v) is 16.7. The third-order valence-corrected chi connectivity index (χ3v) is 13.6. The molecule has 4 heterocycles. The maximum absolute atomic E-state index is 14.6. The van der Waals surface area contributed by atoms with Crippen molar-refractivity contribution in [2.24, 2.45) is 19.8 Å². The number of nitrogens with zero attached hydrogens (tertiary/aromatic N) is 3. The molecule has 12 nitrogen and oxygen atoms in total. The molecule has 0 spiro atoms. The Morgan fingerprint density at radius 1 is 0.881 bits per heavy atom. The summed E-state index contributed by atoms with van der Waals surface area (Å²) in [4.78, 5) is 54.9. The number of halogens is 1. The average molecular weight is 843 g/mol. The van der Waals surface area contributed by atoms with Gasteiger partial charge < -0.3 is 35.6 Å². The Balaban J connectivity index is 1.26. The first kappa shape index (κ1) is 43.3. The zero-order valence-corrected chi connectivity index (χ0v) is 36.6. The van der Waals surface area contributed by atoms with Gasteiger partial charge in [-0.25, -0.2) is 4.79 Å². The summed E-state index contributed by atoms with van der Waals surface area (Å²) in [5, 5.41) is 12.7. The number of urea groups is 1. The largest absolute Gasteiger partial charge is 0.487 e. The number of primary amides is 1. The number of carbonyl (C=O) groups is 4. The van der Waals surface area contributed by atoms with E-state index in [1.807, 2.05) is 89.6 Å². The predicted molar refractivity (Wildman–Crippen MR) is 236 cm³/mol. The third kappa shape index (κ3) is 8.45. The van der Waals surface area contributed by atoms with Crippen LogP contribution in [0.3, 0.4) is 0 Å². The summed E-state index contributed by atoms with van der Waals surface area (Å²) >= 11 is 8.28. The molecule has 3 aromatic heterocycles. The Labute approximate surface area is 355 Å². The number of thiophene rings is 1. The number of rotatable bonds is 17. The lowest BCUT2D eigenvalue weighted by atomic mass is 9.85. The fourth-order valence-corrected chi connectivity index (χ4v) is 9.71. The molecule has 1 aliphatic rings. The van der Waals surface area contributed by atoms with Gasteiger partial charge in [0.2, 0.25) is 5.91 Å². The number of nitrogens with one attached hydrogen (secondary N) is 3. The first-order chi connectivity index (χ1) is 28.2. The van der Waals surface area contributed by atoms with Gasteiger partial charge in [-0.2, -0.15) is 0 Å². The molecule has 0 saturated carbocycles. The van der Waals surface area contributed by atoms with Crippen molar-refractivity contribution in [3.8, 4) is 5.75 Å². The van der Waals surface area contributed by atoms with Crippen LogP contribution in [0.15, 0.2) is 66.3 Å². The zero-order chi connectivity index (χ0) is 42.6. The molecule has 0 bridgehead atoms. The highest BCUT2D eigenvalue weighted by Crippen LogP contribution is 2.49. The van der Waals surface area contributed by atoms with Crippen molar-refractivity contribution in [3.05, 3.63) is 106 Å².